The summed E-state index contributed by atoms with van der Waals surface area (Å²) >= 11 is 0. The Balaban J connectivity index is 1.20. The van der Waals surface area contributed by atoms with E-state index in [4.69, 9.17) is 11.5 Å². The van der Waals surface area contributed by atoms with Crippen molar-refractivity contribution in [1.29, 1.82) is 0 Å². The van der Waals surface area contributed by atoms with Crippen molar-refractivity contribution in [3.8, 4) is 0 Å². The number of aryl methyl sites for hydroxylation is 1. The third-order valence-electron chi connectivity index (χ3n) is 8.02. The highest BCUT2D eigenvalue weighted by Crippen LogP contribution is 2.26. The fraction of sp³-hybridized carbons (Fsp3) is 0.194. The summed E-state index contributed by atoms with van der Waals surface area (Å²) in [6.07, 6.45) is 0.643. The highest BCUT2D eigenvalue weighted by molar-refractivity contribution is 6.01. The SMILES string of the molecule is Cc1cc(CNC(=O)c2cc(C(=O)NCc3ccc4c(c3)CN(c3c(N)c(=O)c3=O)CC4)nc3c(C(N)=O)nnn23)ccc1C(=O)O. The van der Waals surface area contributed by atoms with E-state index in [-0.39, 0.29) is 52.8 Å². The quantitative estimate of drug-likeness (QED) is 0.132. The lowest BCUT2D eigenvalue weighted by Gasteiger charge is -2.32. The maximum Gasteiger partial charge on any atom is 0.335 e. The van der Waals surface area contributed by atoms with E-state index in [9.17, 15) is 33.9 Å². The maximum absolute atomic E-state index is 13.3. The van der Waals surface area contributed by atoms with E-state index < -0.39 is 34.5 Å². The molecule has 0 atom stereocenters. The molecule has 3 heterocycles. The Morgan fingerprint density at radius 1 is 0.936 bits per heavy atom. The minimum Gasteiger partial charge on any atom is -0.478 e. The summed E-state index contributed by atoms with van der Waals surface area (Å²) in [6.45, 7) is 2.65. The number of aromatic carboxylic acids is 1. The number of anilines is 2. The molecule has 0 saturated carbocycles. The second kappa shape index (κ2) is 11.8. The maximum atomic E-state index is 13.3. The highest BCUT2D eigenvalue weighted by atomic mass is 16.4. The van der Waals surface area contributed by atoms with Gasteiger partial charge in [0, 0.05) is 32.2 Å². The van der Waals surface area contributed by atoms with Gasteiger partial charge in [-0.2, -0.15) is 4.52 Å². The Bertz CT molecular complexity index is 2220. The number of rotatable bonds is 9. The zero-order valence-corrected chi connectivity index (χ0v) is 24.9. The summed E-state index contributed by atoms with van der Waals surface area (Å²) < 4.78 is 1.00. The van der Waals surface area contributed by atoms with Gasteiger partial charge in [0.1, 0.15) is 22.8 Å². The Kier molecular flexibility index (Phi) is 7.68. The molecule has 0 fully saturated rings. The monoisotopic (exact) mass is 637 g/mol. The molecular formula is C31H27N9O7. The topological polar surface area (TPSA) is 245 Å². The van der Waals surface area contributed by atoms with Crippen molar-refractivity contribution < 1.29 is 24.3 Å². The first-order valence-electron chi connectivity index (χ1n) is 14.3. The lowest BCUT2D eigenvalue weighted by atomic mass is 9.96. The fourth-order valence-corrected chi connectivity index (χ4v) is 5.56. The van der Waals surface area contributed by atoms with Crippen LogP contribution in [0.5, 0.6) is 0 Å². The molecule has 1 aliphatic heterocycles. The number of nitrogens with two attached hydrogens (primary N) is 2. The first kappa shape index (κ1) is 30.6. The van der Waals surface area contributed by atoms with Crippen LogP contribution in [0.25, 0.3) is 5.65 Å². The van der Waals surface area contributed by atoms with Gasteiger partial charge in [-0.15, -0.1) is 5.10 Å². The summed E-state index contributed by atoms with van der Waals surface area (Å²) in [5.74, 6) is -3.36. The average Bonchev–Trinajstić information content (AvgIpc) is 3.50. The molecule has 0 radical (unpaired) electrons. The van der Waals surface area contributed by atoms with Gasteiger partial charge >= 0.3 is 5.97 Å². The Morgan fingerprint density at radius 3 is 2.32 bits per heavy atom. The molecule has 47 heavy (non-hydrogen) atoms. The van der Waals surface area contributed by atoms with Gasteiger partial charge in [-0.1, -0.05) is 35.5 Å². The molecule has 0 saturated heterocycles. The summed E-state index contributed by atoms with van der Waals surface area (Å²) in [5, 5.41) is 22.3. The van der Waals surface area contributed by atoms with Crippen LogP contribution in [0.1, 0.15) is 69.6 Å². The fourth-order valence-electron chi connectivity index (χ4n) is 5.56. The van der Waals surface area contributed by atoms with E-state index in [1.807, 2.05) is 18.2 Å². The van der Waals surface area contributed by atoms with Crippen LogP contribution in [0, 0.1) is 6.92 Å². The highest BCUT2D eigenvalue weighted by Gasteiger charge is 2.27. The van der Waals surface area contributed by atoms with Crippen LogP contribution in [-0.2, 0) is 26.1 Å². The standard InChI is InChI=1S/C31H27N9O7/c1-14-8-15(3-5-19(14)31(46)47)11-35-30(45)21-10-20(36-28-23(27(33)43)37-38-40(21)28)29(44)34-12-16-2-4-17-6-7-39(13-18(17)9-16)24-22(32)25(41)26(24)42/h2-5,8-10H,6-7,11-13,32H2,1H3,(H2,33,43)(H,34,44)(H,35,45)(H,46,47). The third kappa shape index (κ3) is 5.63. The summed E-state index contributed by atoms with van der Waals surface area (Å²) in [7, 11) is 0. The number of hydrogen-bond donors (Lipinski definition) is 5. The first-order chi connectivity index (χ1) is 22.4. The van der Waals surface area contributed by atoms with Crippen LogP contribution < -0.4 is 37.9 Å². The molecule has 7 N–H and O–H groups in total. The first-order valence-corrected chi connectivity index (χ1v) is 14.3. The predicted molar refractivity (Wildman–Crippen MR) is 167 cm³/mol. The molecular weight excluding hydrogens is 610 g/mol. The third-order valence-corrected chi connectivity index (χ3v) is 8.02. The number of nitrogens with one attached hydrogen (secondary N) is 2. The van der Waals surface area contributed by atoms with Crippen LogP contribution in [0.15, 0.2) is 52.1 Å². The molecule has 2 aromatic heterocycles. The molecule has 0 unspecified atom stereocenters. The van der Waals surface area contributed by atoms with Crippen molar-refractivity contribution in [1.82, 2.24) is 30.4 Å². The van der Waals surface area contributed by atoms with Crippen LogP contribution in [0.4, 0.5) is 11.4 Å². The van der Waals surface area contributed by atoms with Gasteiger partial charge in [0.2, 0.25) is 0 Å². The number of carbonyl (C=O) groups is 4. The van der Waals surface area contributed by atoms with Gasteiger partial charge in [-0.05, 0) is 47.2 Å². The van der Waals surface area contributed by atoms with E-state index >= 15 is 0 Å². The summed E-state index contributed by atoms with van der Waals surface area (Å²) in [5.41, 5.74) is 13.2. The molecule has 5 aromatic rings. The molecule has 0 spiro atoms. The predicted octanol–water partition coefficient (Wildman–Crippen LogP) is -0.169. The lowest BCUT2D eigenvalue weighted by molar-refractivity contribution is 0.0695. The zero-order chi connectivity index (χ0) is 33.6. The largest absolute Gasteiger partial charge is 0.478 e. The molecule has 6 rings (SSSR count). The van der Waals surface area contributed by atoms with E-state index in [0.29, 0.717) is 30.6 Å². The normalized spacial score (nSPS) is 12.6. The molecule has 0 bridgehead atoms. The number of nitrogens with zero attached hydrogens (tertiary/aromatic N) is 5. The second-order valence-corrected chi connectivity index (χ2v) is 11.1. The number of fused-ring (bicyclic) bond motifs is 2. The van der Waals surface area contributed by atoms with Crippen molar-refractivity contribution in [3.05, 3.63) is 113 Å². The Hall–Kier alpha value is -6.45. The van der Waals surface area contributed by atoms with Gasteiger partial charge in [0.15, 0.2) is 11.3 Å². The number of benzene rings is 2. The zero-order valence-electron chi connectivity index (χ0n) is 24.9. The van der Waals surface area contributed by atoms with E-state index in [0.717, 1.165) is 21.2 Å². The van der Waals surface area contributed by atoms with Gasteiger partial charge < -0.3 is 32.1 Å². The summed E-state index contributed by atoms with van der Waals surface area (Å²) in [4.78, 5) is 79.5. The van der Waals surface area contributed by atoms with Crippen LogP contribution in [0.3, 0.4) is 0 Å². The van der Waals surface area contributed by atoms with Gasteiger partial charge in [-0.25, -0.2) is 9.78 Å². The van der Waals surface area contributed by atoms with Crippen molar-refractivity contribution in [2.24, 2.45) is 5.73 Å². The van der Waals surface area contributed by atoms with Crippen molar-refractivity contribution in [2.45, 2.75) is 33.0 Å². The van der Waals surface area contributed by atoms with E-state index in [2.05, 4.69) is 25.9 Å². The van der Waals surface area contributed by atoms with Gasteiger partial charge in [0.25, 0.3) is 28.6 Å². The van der Waals surface area contributed by atoms with Gasteiger partial charge in [0.05, 0.1) is 5.56 Å². The lowest BCUT2D eigenvalue weighted by Crippen LogP contribution is -2.44. The minimum absolute atomic E-state index is 0.0202. The number of hydrogen-bond acceptors (Lipinski definition) is 11. The molecule has 238 valence electrons. The molecule has 16 heteroatoms. The molecule has 16 nitrogen and oxygen atoms in total. The van der Waals surface area contributed by atoms with Crippen LogP contribution in [-0.4, -0.2) is 55.2 Å². The molecule has 1 aliphatic rings. The van der Waals surface area contributed by atoms with Crippen LogP contribution >= 0.6 is 0 Å². The molecule has 3 aromatic carbocycles. The van der Waals surface area contributed by atoms with E-state index in [1.165, 1.54) is 12.1 Å². The second-order valence-electron chi connectivity index (χ2n) is 11.1. The van der Waals surface area contributed by atoms with Crippen LogP contribution in [0.2, 0.25) is 0 Å². The minimum atomic E-state index is -1.07. The number of carboxylic acid groups (broad SMARTS) is 1. The van der Waals surface area contributed by atoms with Crippen molar-refractivity contribution in [3.63, 3.8) is 0 Å². The van der Waals surface area contributed by atoms with Crippen molar-refractivity contribution in [2.75, 3.05) is 17.2 Å². The average molecular weight is 638 g/mol. The molecule has 3 amide bonds. The van der Waals surface area contributed by atoms with E-state index in [1.54, 1.807) is 24.0 Å². The molecule has 0 aliphatic carbocycles. The Morgan fingerprint density at radius 2 is 1.64 bits per heavy atom. The van der Waals surface area contributed by atoms with Crippen molar-refractivity contribution >= 4 is 40.7 Å². The number of amides is 3. The number of aromatic nitrogens is 4. The number of carbonyl (C=O) groups excluding carboxylic acids is 3. The Labute approximate surface area is 264 Å². The number of primary amides is 1. The van der Waals surface area contributed by atoms with Gasteiger partial charge in [-0.3, -0.25) is 24.0 Å². The summed E-state index contributed by atoms with van der Waals surface area (Å²) in [6, 6.07) is 11.5. The smallest absolute Gasteiger partial charge is 0.335 e. The number of carboxylic acids is 1. The number of nitrogen functional groups attached to an aromatic ring is 1.